The van der Waals surface area contributed by atoms with Crippen LogP contribution in [0.4, 0.5) is 5.13 Å². The Labute approximate surface area is 242 Å². The average molecular weight is 585 g/mol. The Kier molecular flexibility index (Phi) is 12.7. The number of aromatic nitrogens is 2. The van der Waals surface area contributed by atoms with Crippen LogP contribution < -0.4 is 21.3 Å². The molecule has 0 saturated heterocycles. The molecule has 0 aliphatic carbocycles. The molecule has 2 aromatic heterocycles. The number of benzene rings is 1. The Morgan fingerprint density at radius 3 is 2.45 bits per heavy atom. The second-order valence-electron chi connectivity index (χ2n) is 9.09. The summed E-state index contributed by atoms with van der Waals surface area (Å²) < 4.78 is 1.81. The highest BCUT2D eigenvalue weighted by atomic mass is 32.2. The van der Waals surface area contributed by atoms with E-state index >= 15 is 0 Å². The van der Waals surface area contributed by atoms with Gasteiger partial charge in [0.05, 0.1) is 11.3 Å². The zero-order valence-corrected chi connectivity index (χ0v) is 24.4. The summed E-state index contributed by atoms with van der Waals surface area (Å²) in [4.78, 5) is 53.9. The zero-order valence-electron chi connectivity index (χ0n) is 22.8. The topological polar surface area (TPSA) is 134 Å². The van der Waals surface area contributed by atoms with Crippen LogP contribution in [0.15, 0.2) is 54.2 Å². The monoisotopic (exact) mass is 584 g/mol. The molecule has 3 rings (SSSR count). The lowest BCUT2D eigenvalue weighted by atomic mass is 10.1. The van der Waals surface area contributed by atoms with Gasteiger partial charge in [-0.3, -0.25) is 23.2 Å². The van der Waals surface area contributed by atoms with Gasteiger partial charge in [-0.15, -0.1) is 11.3 Å². The number of thiazole rings is 1. The SMILES string of the molecule is CNC(=O)CCCCC(=O)NCCCCC(NC(=O)c1ccn(SC)c1)C(=O)Nc1nc(-c2ccccc2)cs1. The van der Waals surface area contributed by atoms with E-state index in [4.69, 9.17) is 0 Å². The molecule has 0 radical (unpaired) electrons. The van der Waals surface area contributed by atoms with Gasteiger partial charge in [0.1, 0.15) is 6.04 Å². The highest BCUT2D eigenvalue weighted by Gasteiger charge is 2.23. The molecule has 10 nitrogen and oxygen atoms in total. The smallest absolute Gasteiger partial charge is 0.253 e. The summed E-state index contributed by atoms with van der Waals surface area (Å²) in [6.07, 6.45) is 9.17. The molecule has 12 heteroatoms. The van der Waals surface area contributed by atoms with Crippen LogP contribution in [-0.2, 0) is 14.4 Å². The molecule has 1 unspecified atom stereocenters. The van der Waals surface area contributed by atoms with Gasteiger partial charge >= 0.3 is 0 Å². The highest BCUT2D eigenvalue weighted by molar-refractivity contribution is 7.97. The summed E-state index contributed by atoms with van der Waals surface area (Å²) in [5, 5.41) is 13.5. The Balaban J connectivity index is 1.51. The summed E-state index contributed by atoms with van der Waals surface area (Å²) in [6, 6.07) is 10.6. The van der Waals surface area contributed by atoms with Crippen LogP contribution in [0.25, 0.3) is 11.3 Å². The van der Waals surface area contributed by atoms with Crippen molar-refractivity contribution in [1.82, 2.24) is 24.9 Å². The third-order valence-corrected chi connectivity index (χ3v) is 7.55. The second kappa shape index (κ2) is 16.5. The van der Waals surface area contributed by atoms with Crippen molar-refractivity contribution in [3.63, 3.8) is 0 Å². The maximum atomic E-state index is 13.2. The summed E-state index contributed by atoms with van der Waals surface area (Å²) in [5.74, 6) is -0.760. The van der Waals surface area contributed by atoms with Crippen LogP contribution in [0.1, 0.15) is 55.3 Å². The van der Waals surface area contributed by atoms with E-state index in [1.165, 1.54) is 23.3 Å². The van der Waals surface area contributed by atoms with Crippen molar-refractivity contribution in [2.75, 3.05) is 25.2 Å². The third-order valence-electron chi connectivity index (χ3n) is 6.14. The standard InChI is InChI=1S/C28H36N6O4S2/c1-29-24(35)13-6-7-14-25(36)30-16-9-8-12-22(31-26(37)21-15-17-34(18-21)39-2)27(38)33-28-32-23(19-40-28)20-10-4-3-5-11-20/h3-5,10-11,15,17-19,22H,6-9,12-14,16H2,1-2H3,(H,29,35)(H,30,36)(H,31,37)(H,32,33,38). The van der Waals surface area contributed by atoms with E-state index in [9.17, 15) is 19.2 Å². The summed E-state index contributed by atoms with van der Waals surface area (Å²) in [6.45, 7) is 0.472. The van der Waals surface area contributed by atoms with Crippen LogP contribution in [0.5, 0.6) is 0 Å². The van der Waals surface area contributed by atoms with Crippen molar-refractivity contribution >= 4 is 52.0 Å². The number of amides is 4. The predicted octanol–water partition coefficient (Wildman–Crippen LogP) is 4.07. The minimum absolute atomic E-state index is 0.0283. The number of hydrogen-bond donors (Lipinski definition) is 4. The first-order valence-electron chi connectivity index (χ1n) is 13.2. The van der Waals surface area contributed by atoms with E-state index < -0.39 is 6.04 Å². The van der Waals surface area contributed by atoms with Gasteiger partial charge < -0.3 is 21.3 Å². The quantitative estimate of drug-likeness (QED) is 0.188. The third kappa shape index (κ3) is 10.2. The molecule has 0 aliphatic heterocycles. The first kappa shape index (κ1) is 30.9. The molecule has 0 fully saturated rings. The Morgan fingerprint density at radius 2 is 1.75 bits per heavy atom. The van der Waals surface area contributed by atoms with Crippen LogP contribution in [0, 0.1) is 0 Å². The molecule has 0 aliphatic rings. The maximum Gasteiger partial charge on any atom is 0.253 e. The first-order valence-corrected chi connectivity index (χ1v) is 15.3. The van der Waals surface area contributed by atoms with Gasteiger partial charge in [-0.1, -0.05) is 30.3 Å². The van der Waals surface area contributed by atoms with E-state index in [1.807, 2.05) is 45.9 Å². The normalized spacial score (nSPS) is 11.4. The lowest BCUT2D eigenvalue weighted by molar-refractivity contribution is -0.122. The molecule has 40 heavy (non-hydrogen) atoms. The van der Waals surface area contributed by atoms with Crippen molar-refractivity contribution in [1.29, 1.82) is 0 Å². The number of hydrogen-bond acceptors (Lipinski definition) is 7. The number of carbonyl (C=O) groups is 4. The van der Waals surface area contributed by atoms with E-state index in [-0.39, 0.29) is 23.6 Å². The van der Waals surface area contributed by atoms with Crippen LogP contribution in [0.3, 0.4) is 0 Å². The van der Waals surface area contributed by atoms with Crippen LogP contribution in [-0.4, -0.2) is 58.5 Å². The first-order chi connectivity index (χ1) is 19.4. The molecular formula is C28H36N6O4S2. The predicted molar refractivity (Wildman–Crippen MR) is 160 cm³/mol. The molecule has 0 spiro atoms. The zero-order chi connectivity index (χ0) is 28.7. The number of rotatable bonds is 16. The molecule has 0 bridgehead atoms. The molecule has 2 heterocycles. The molecule has 1 atom stereocenters. The van der Waals surface area contributed by atoms with Gasteiger partial charge in [-0.25, -0.2) is 4.98 Å². The van der Waals surface area contributed by atoms with Gasteiger partial charge in [0, 0.05) is 56.0 Å². The molecule has 0 saturated carbocycles. The minimum Gasteiger partial charge on any atom is -0.359 e. The van der Waals surface area contributed by atoms with Crippen molar-refractivity contribution in [2.45, 2.75) is 51.0 Å². The lowest BCUT2D eigenvalue weighted by Crippen LogP contribution is -2.43. The van der Waals surface area contributed by atoms with E-state index in [0.29, 0.717) is 62.2 Å². The summed E-state index contributed by atoms with van der Waals surface area (Å²) >= 11 is 2.79. The second-order valence-corrected chi connectivity index (χ2v) is 10.7. The fraction of sp³-hybridized carbons (Fsp3) is 0.393. The van der Waals surface area contributed by atoms with Crippen LogP contribution >= 0.6 is 23.3 Å². The van der Waals surface area contributed by atoms with Crippen molar-refractivity contribution < 1.29 is 19.2 Å². The molecule has 214 valence electrons. The highest BCUT2D eigenvalue weighted by Crippen LogP contribution is 2.25. The van der Waals surface area contributed by atoms with Gasteiger partial charge in [0.2, 0.25) is 17.7 Å². The number of unbranched alkanes of at least 4 members (excludes halogenated alkanes) is 2. The largest absolute Gasteiger partial charge is 0.359 e. The number of nitrogens with zero attached hydrogens (tertiary/aromatic N) is 2. The number of carbonyl (C=O) groups excluding carboxylic acids is 4. The van der Waals surface area contributed by atoms with Gasteiger partial charge in [-0.05, 0) is 50.1 Å². The van der Waals surface area contributed by atoms with E-state index in [2.05, 4.69) is 26.3 Å². The number of nitrogens with one attached hydrogen (secondary N) is 4. The molecule has 3 aromatic rings. The fourth-order valence-electron chi connectivity index (χ4n) is 3.89. The van der Waals surface area contributed by atoms with E-state index in [0.717, 1.165) is 11.3 Å². The Bertz CT molecular complexity index is 1260. The van der Waals surface area contributed by atoms with Crippen LogP contribution in [0.2, 0.25) is 0 Å². The fourth-order valence-corrected chi connectivity index (χ4v) is 5.01. The molecule has 4 amide bonds. The molecule has 4 N–H and O–H groups in total. The lowest BCUT2D eigenvalue weighted by Gasteiger charge is -2.17. The van der Waals surface area contributed by atoms with Gasteiger partial charge in [-0.2, -0.15) is 0 Å². The van der Waals surface area contributed by atoms with Crippen molar-refractivity contribution in [3.8, 4) is 11.3 Å². The van der Waals surface area contributed by atoms with Crippen molar-refractivity contribution in [3.05, 3.63) is 59.7 Å². The number of anilines is 1. The van der Waals surface area contributed by atoms with E-state index in [1.54, 1.807) is 25.5 Å². The van der Waals surface area contributed by atoms with Gasteiger partial charge in [0.15, 0.2) is 5.13 Å². The van der Waals surface area contributed by atoms with Crippen molar-refractivity contribution in [2.24, 2.45) is 0 Å². The summed E-state index contributed by atoms with van der Waals surface area (Å²) in [7, 11) is 1.59. The molecular weight excluding hydrogens is 548 g/mol. The Hall–Kier alpha value is -3.64. The van der Waals surface area contributed by atoms with Gasteiger partial charge in [0.25, 0.3) is 5.91 Å². The average Bonchev–Trinajstić information content (AvgIpc) is 3.65. The maximum absolute atomic E-state index is 13.2. The minimum atomic E-state index is -0.769. The summed E-state index contributed by atoms with van der Waals surface area (Å²) in [5.41, 5.74) is 2.19. The Morgan fingerprint density at radius 1 is 1.00 bits per heavy atom. The molecule has 1 aromatic carbocycles.